The highest BCUT2D eigenvalue weighted by molar-refractivity contribution is 5.96. The Kier molecular flexibility index (Phi) is 5.75. The van der Waals surface area contributed by atoms with Gasteiger partial charge in [-0.3, -0.25) is 4.79 Å². The standard InChI is InChI=1S/C27H25N3O3/c31-24(23-18-25(33-29-23)21-7-3-1-4-8-21)17-20-11-12-26(28-19-20)30-15-13-27(32,14-16-30)22-9-5-2-6-10-22/h1-12,18-19,32H,13-17H2. The summed E-state index contributed by atoms with van der Waals surface area (Å²) < 4.78 is 5.34. The maximum atomic E-state index is 12.7. The van der Waals surface area contributed by atoms with Crippen molar-refractivity contribution < 1.29 is 14.4 Å². The van der Waals surface area contributed by atoms with Crippen LogP contribution in [0.25, 0.3) is 11.3 Å². The molecule has 0 aliphatic carbocycles. The minimum atomic E-state index is -0.791. The van der Waals surface area contributed by atoms with E-state index in [0.29, 0.717) is 24.3 Å². The van der Waals surface area contributed by atoms with E-state index in [0.717, 1.165) is 35.6 Å². The van der Waals surface area contributed by atoms with Gasteiger partial charge in [-0.15, -0.1) is 0 Å². The highest BCUT2D eigenvalue weighted by Crippen LogP contribution is 2.34. The van der Waals surface area contributed by atoms with E-state index in [2.05, 4.69) is 15.0 Å². The van der Waals surface area contributed by atoms with E-state index in [-0.39, 0.29) is 12.2 Å². The van der Waals surface area contributed by atoms with Crippen LogP contribution < -0.4 is 4.90 Å². The van der Waals surface area contributed by atoms with Gasteiger partial charge >= 0.3 is 0 Å². The highest BCUT2D eigenvalue weighted by atomic mass is 16.5. The molecule has 0 unspecified atom stereocenters. The Morgan fingerprint density at radius 2 is 1.67 bits per heavy atom. The monoisotopic (exact) mass is 439 g/mol. The summed E-state index contributed by atoms with van der Waals surface area (Å²) >= 11 is 0. The smallest absolute Gasteiger partial charge is 0.189 e. The van der Waals surface area contributed by atoms with Crippen molar-refractivity contribution in [2.75, 3.05) is 18.0 Å². The van der Waals surface area contributed by atoms with E-state index in [4.69, 9.17) is 4.52 Å². The maximum Gasteiger partial charge on any atom is 0.189 e. The summed E-state index contributed by atoms with van der Waals surface area (Å²) in [7, 11) is 0. The summed E-state index contributed by atoms with van der Waals surface area (Å²) in [5.41, 5.74) is 2.20. The van der Waals surface area contributed by atoms with Gasteiger partial charge in [0.15, 0.2) is 17.2 Å². The second-order valence-corrected chi connectivity index (χ2v) is 8.45. The van der Waals surface area contributed by atoms with Gasteiger partial charge in [0.05, 0.1) is 5.60 Å². The van der Waals surface area contributed by atoms with Gasteiger partial charge < -0.3 is 14.5 Å². The Balaban J connectivity index is 1.20. The molecule has 0 saturated carbocycles. The predicted molar refractivity (Wildman–Crippen MR) is 126 cm³/mol. The fourth-order valence-electron chi connectivity index (χ4n) is 4.27. The highest BCUT2D eigenvalue weighted by Gasteiger charge is 2.34. The molecule has 2 aromatic carbocycles. The maximum absolute atomic E-state index is 12.7. The Labute approximate surface area is 192 Å². The first kappa shape index (κ1) is 21.1. The molecule has 1 fully saturated rings. The molecule has 0 radical (unpaired) electrons. The molecular formula is C27H25N3O3. The van der Waals surface area contributed by atoms with Crippen LogP contribution in [0, 0.1) is 0 Å². The van der Waals surface area contributed by atoms with Gasteiger partial charge in [-0.05, 0) is 30.0 Å². The van der Waals surface area contributed by atoms with Crippen LogP contribution in [0.4, 0.5) is 5.82 Å². The first-order chi connectivity index (χ1) is 16.1. The molecule has 6 heteroatoms. The van der Waals surface area contributed by atoms with Gasteiger partial charge in [-0.25, -0.2) is 4.98 Å². The van der Waals surface area contributed by atoms with Crippen molar-refractivity contribution in [1.29, 1.82) is 0 Å². The molecular weight excluding hydrogens is 414 g/mol. The van der Waals surface area contributed by atoms with E-state index >= 15 is 0 Å². The summed E-state index contributed by atoms with van der Waals surface area (Å²) in [6, 6.07) is 25.0. The number of pyridine rings is 1. The minimum Gasteiger partial charge on any atom is -0.385 e. The lowest BCUT2D eigenvalue weighted by atomic mass is 9.84. The molecule has 1 saturated heterocycles. The average Bonchev–Trinajstić information content (AvgIpc) is 3.37. The molecule has 4 aromatic rings. The zero-order chi connectivity index (χ0) is 22.7. The summed E-state index contributed by atoms with van der Waals surface area (Å²) in [5.74, 6) is 1.32. The normalized spacial score (nSPS) is 15.4. The third-order valence-electron chi connectivity index (χ3n) is 6.25. The summed E-state index contributed by atoms with van der Waals surface area (Å²) in [5, 5.41) is 15.0. The molecule has 1 aliphatic heterocycles. The lowest BCUT2D eigenvalue weighted by Crippen LogP contribution is -2.42. The van der Waals surface area contributed by atoms with E-state index in [1.807, 2.05) is 72.8 Å². The number of hydrogen-bond donors (Lipinski definition) is 1. The van der Waals surface area contributed by atoms with Crippen molar-refractivity contribution in [2.45, 2.75) is 24.9 Å². The zero-order valence-electron chi connectivity index (χ0n) is 18.2. The van der Waals surface area contributed by atoms with Crippen LogP contribution in [0.15, 0.2) is 89.6 Å². The van der Waals surface area contributed by atoms with Crippen molar-refractivity contribution >= 4 is 11.6 Å². The number of aliphatic hydroxyl groups is 1. The second kappa shape index (κ2) is 9.00. The Hall–Kier alpha value is -3.77. The number of nitrogens with zero attached hydrogens (tertiary/aromatic N) is 3. The van der Waals surface area contributed by atoms with E-state index < -0.39 is 5.60 Å². The van der Waals surface area contributed by atoms with Crippen LogP contribution in [0.5, 0.6) is 0 Å². The molecule has 5 rings (SSSR count). The molecule has 0 spiro atoms. The Bertz CT molecular complexity index is 1210. The van der Waals surface area contributed by atoms with Crippen molar-refractivity contribution in [3.05, 3.63) is 102 Å². The van der Waals surface area contributed by atoms with Crippen LogP contribution in [0.2, 0.25) is 0 Å². The lowest BCUT2D eigenvalue weighted by molar-refractivity contribution is 0.0116. The van der Waals surface area contributed by atoms with Crippen LogP contribution in [-0.4, -0.2) is 34.1 Å². The first-order valence-corrected chi connectivity index (χ1v) is 11.1. The number of benzene rings is 2. The Morgan fingerprint density at radius 3 is 2.33 bits per heavy atom. The van der Waals surface area contributed by atoms with Crippen LogP contribution in [0.1, 0.15) is 34.5 Å². The summed E-state index contributed by atoms with van der Waals surface area (Å²) in [6.45, 7) is 1.44. The van der Waals surface area contributed by atoms with E-state index in [9.17, 15) is 9.90 Å². The molecule has 1 N–H and O–H groups in total. The van der Waals surface area contributed by atoms with E-state index in [1.54, 1.807) is 12.3 Å². The number of rotatable bonds is 6. The van der Waals surface area contributed by atoms with Crippen molar-refractivity contribution in [3.8, 4) is 11.3 Å². The number of carbonyl (C=O) groups excluding carboxylic acids is 1. The van der Waals surface area contributed by atoms with Gasteiger partial charge in [0, 0.05) is 37.3 Å². The van der Waals surface area contributed by atoms with Crippen molar-refractivity contribution in [3.63, 3.8) is 0 Å². The number of Topliss-reactive ketones (excluding diaryl/α,β-unsaturated/α-hetero) is 1. The number of ketones is 1. The molecule has 0 atom stereocenters. The molecule has 0 amide bonds. The van der Waals surface area contributed by atoms with Gasteiger partial charge in [0.2, 0.25) is 0 Å². The van der Waals surface area contributed by atoms with E-state index in [1.165, 1.54) is 0 Å². The molecule has 0 bridgehead atoms. The number of piperidine rings is 1. The summed E-state index contributed by atoms with van der Waals surface area (Å²) in [6.07, 6.45) is 3.24. The summed E-state index contributed by atoms with van der Waals surface area (Å²) in [4.78, 5) is 19.4. The minimum absolute atomic E-state index is 0.110. The number of hydrogen-bond acceptors (Lipinski definition) is 6. The zero-order valence-corrected chi connectivity index (χ0v) is 18.2. The van der Waals surface area contributed by atoms with Crippen LogP contribution in [0.3, 0.4) is 0 Å². The third kappa shape index (κ3) is 4.56. The number of aromatic nitrogens is 2. The number of carbonyl (C=O) groups is 1. The second-order valence-electron chi connectivity index (χ2n) is 8.45. The molecule has 2 aromatic heterocycles. The third-order valence-corrected chi connectivity index (χ3v) is 6.25. The fourth-order valence-corrected chi connectivity index (χ4v) is 4.27. The van der Waals surface area contributed by atoms with Gasteiger partial charge in [-0.2, -0.15) is 0 Å². The molecule has 3 heterocycles. The quantitative estimate of drug-likeness (QED) is 0.441. The topological polar surface area (TPSA) is 79.5 Å². The van der Waals surface area contributed by atoms with Gasteiger partial charge in [0.25, 0.3) is 0 Å². The lowest BCUT2D eigenvalue weighted by Gasteiger charge is -2.39. The number of anilines is 1. The van der Waals surface area contributed by atoms with Gasteiger partial charge in [-0.1, -0.05) is 71.9 Å². The molecule has 33 heavy (non-hydrogen) atoms. The van der Waals surface area contributed by atoms with Crippen LogP contribution >= 0.6 is 0 Å². The van der Waals surface area contributed by atoms with Gasteiger partial charge in [0.1, 0.15) is 5.82 Å². The first-order valence-electron chi connectivity index (χ1n) is 11.1. The SMILES string of the molecule is O=C(Cc1ccc(N2CCC(O)(c3ccccc3)CC2)nc1)c1cc(-c2ccccc2)on1. The van der Waals surface area contributed by atoms with Crippen LogP contribution in [-0.2, 0) is 12.0 Å². The average molecular weight is 440 g/mol. The Morgan fingerprint density at radius 1 is 0.970 bits per heavy atom. The van der Waals surface area contributed by atoms with Crippen molar-refractivity contribution in [1.82, 2.24) is 10.1 Å². The molecule has 6 nitrogen and oxygen atoms in total. The largest absolute Gasteiger partial charge is 0.385 e. The predicted octanol–water partition coefficient (Wildman–Crippen LogP) is 4.65. The molecule has 1 aliphatic rings. The molecule has 166 valence electrons. The fraction of sp³-hybridized carbons (Fsp3) is 0.222. The van der Waals surface area contributed by atoms with Crippen molar-refractivity contribution in [2.24, 2.45) is 0 Å².